The zero-order chi connectivity index (χ0) is 12.4. The summed E-state index contributed by atoms with van der Waals surface area (Å²) in [6, 6.07) is 6.40. The van der Waals surface area contributed by atoms with E-state index in [0.717, 1.165) is 28.1 Å². The van der Waals surface area contributed by atoms with Gasteiger partial charge in [0.15, 0.2) is 0 Å². The number of benzene rings is 1. The first kappa shape index (κ1) is 12.3. The highest BCUT2D eigenvalue weighted by atomic mass is 79.9. The lowest BCUT2D eigenvalue weighted by atomic mass is 10.1. The number of hydrogen-bond donors (Lipinski definition) is 2. The van der Waals surface area contributed by atoms with Gasteiger partial charge in [0.05, 0.1) is 12.2 Å². The number of nitrogens with zero attached hydrogens (tertiary/aromatic N) is 1. The van der Waals surface area contributed by atoms with Crippen LogP contribution < -0.4 is 5.73 Å². The molecule has 0 saturated heterocycles. The lowest BCUT2D eigenvalue weighted by Gasteiger charge is -2.03. The van der Waals surface area contributed by atoms with Gasteiger partial charge in [-0.3, -0.25) is 0 Å². The molecule has 1 aromatic carbocycles. The van der Waals surface area contributed by atoms with Crippen molar-refractivity contribution in [3.63, 3.8) is 0 Å². The van der Waals surface area contributed by atoms with Crippen molar-refractivity contribution in [2.24, 2.45) is 5.73 Å². The smallest absolute Gasteiger partial charge is 0.120 e. The fourth-order valence-electron chi connectivity index (χ4n) is 1.77. The summed E-state index contributed by atoms with van der Waals surface area (Å²) in [5.74, 6) is 0.851. The zero-order valence-electron chi connectivity index (χ0n) is 10.0. The van der Waals surface area contributed by atoms with Gasteiger partial charge in [-0.2, -0.15) is 0 Å². The van der Waals surface area contributed by atoms with E-state index in [2.05, 4.69) is 51.0 Å². The van der Waals surface area contributed by atoms with Crippen LogP contribution in [0.1, 0.15) is 28.3 Å². The van der Waals surface area contributed by atoms with E-state index in [1.807, 2.05) is 6.92 Å². The number of nitrogens with two attached hydrogens (primary N) is 1. The predicted octanol–water partition coefficient (Wildman–Crippen LogP) is 2.84. The normalized spacial score (nSPS) is 10.8. The van der Waals surface area contributed by atoms with E-state index in [1.165, 1.54) is 11.1 Å². The molecule has 0 bridgehead atoms. The van der Waals surface area contributed by atoms with Crippen LogP contribution in [0.5, 0.6) is 0 Å². The third kappa shape index (κ3) is 2.76. The molecular weight excluding hydrogens is 278 g/mol. The first-order valence-corrected chi connectivity index (χ1v) is 6.39. The third-order valence-electron chi connectivity index (χ3n) is 2.84. The number of nitrogens with one attached hydrogen (secondary N) is 1. The van der Waals surface area contributed by atoms with Crippen LogP contribution in [0, 0.1) is 13.8 Å². The number of hydrogen-bond acceptors (Lipinski definition) is 2. The minimum atomic E-state index is 0.457. The van der Waals surface area contributed by atoms with E-state index in [4.69, 9.17) is 5.73 Å². The van der Waals surface area contributed by atoms with Gasteiger partial charge < -0.3 is 10.7 Å². The summed E-state index contributed by atoms with van der Waals surface area (Å²) in [5.41, 5.74) is 10.2. The van der Waals surface area contributed by atoms with Gasteiger partial charge in [0.2, 0.25) is 0 Å². The summed E-state index contributed by atoms with van der Waals surface area (Å²) in [6.45, 7) is 4.57. The Hall–Kier alpha value is -1.13. The van der Waals surface area contributed by atoms with Gasteiger partial charge in [-0.05, 0) is 31.0 Å². The average molecular weight is 294 g/mol. The molecule has 0 aliphatic carbocycles. The van der Waals surface area contributed by atoms with Gasteiger partial charge in [0.25, 0.3) is 0 Å². The Bertz CT molecular complexity index is 531. The number of imidazole rings is 1. The number of H-pyrrole nitrogens is 1. The van der Waals surface area contributed by atoms with Crippen molar-refractivity contribution >= 4 is 15.9 Å². The fourth-order valence-corrected chi connectivity index (χ4v) is 2.20. The Labute approximate surface area is 110 Å². The molecule has 0 unspecified atom stereocenters. The minimum absolute atomic E-state index is 0.457. The average Bonchev–Trinajstić information content (AvgIpc) is 2.65. The number of halogens is 1. The molecule has 0 aliphatic rings. The molecule has 0 amide bonds. The minimum Gasteiger partial charge on any atom is -0.345 e. The molecule has 90 valence electrons. The Morgan fingerprint density at radius 3 is 2.71 bits per heavy atom. The summed E-state index contributed by atoms with van der Waals surface area (Å²) < 4.78 is 1.14. The van der Waals surface area contributed by atoms with E-state index in [-0.39, 0.29) is 0 Å². The number of rotatable bonds is 3. The standard InChI is InChI=1S/C13H16BrN3/c1-8-3-4-10(5-11(8)14)6-12-9(2)16-13(7-15)17-12/h3-5H,6-7,15H2,1-2H3,(H,16,17). The highest BCUT2D eigenvalue weighted by Crippen LogP contribution is 2.20. The summed E-state index contributed by atoms with van der Waals surface area (Å²) >= 11 is 3.55. The van der Waals surface area contributed by atoms with Crippen molar-refractivity contribution < 1.29 is 0 Å². The molecule has 0 saturated carbocycles. The van der Waals surface area contributed by atoms with Crippen LogP contribution in [0.2, 0.25) is 0 Å². The number of aryl methyl sites for hydroxylation is 2. The monoisotopic (exact) mass is 293 g/mol. The molecule has 0 spiro atoms. The van der Waals surface area contributed by atoms with Crippen molar-refractivity contribution in [2.75, 3.05) is 0 Å². The summed E-state index contributed by atoms with van der Waals surface area (Å²) in [4.78, 5) is 7.67. The van der Waals surface area contributed by atoms with E-state index in [9.17, 15) is 0 Å². The second-order valence-corrected chi connectivity index (χ2v) is 5.07. The highest BCUT2D eigenvalue weighted by Gasteiger charge is 2.07. The van der Waals surface area contributed by atoms with Crippen LogP contribution in [0.3, 0.4) is 0 Å². The first-order valence-electron chi connectivity index (χ1n) is 5.59. The van der Waals surface area contributed by atoms with E-state index < -0.39 is 0 Å². The maximum atomic E-state index is 5.57. The second kappa shape index (κ2) is 5.02. The quantitative estimate of drug-likeness (QED) is 0.914. The molecule has 0 atom stereocenters. The molecule has 1 heterocycles. The van der Waals surface area contributed by atoms with Crippen LogP contribution in [0.4, 0.5) is 0 Å². The van der Waals surface area contributed by atoms with Gasteiger partial charge in [0.1, 0.15) is 5.82 Å². The maximum Gasteiger partial charge on any atom is 0.120 e. The molecule has 0 radical (unpaired) electrons. The van der Waals surface area contributed by atoms with E-state index >= 15 is 0 Å². The summed E-state index contributed by atoms with van der Waals surface area (Å²) in [5, 5.41) is 0. The van der Waals surface area contributed by atoms with E-state index in [0.29, 0.717) is 6.54 Å². The highest BCUT2D eigenvalue weighted by molar-refractivity contribution is 9.10. The van der Waals surface area contributed by atoms with Crippen LogP contribution in [0.15, 0.2) is 22.7 Å². The number of aromatic nitrogens is 2. The van der Waals surface area contributed by atoms with Gasteiger partial charge >= 0.3 is 0 Å². The lowest BCUT2D eigenvalue weighted by Crippen LogP contribution is -1.98. The van der Waals surface area contributed by atoms with Gasteiger partial charge in [0, 0.05) is 16.6 Å². The Kier molecular flexibility index (Phi) is 3.64. The number of aromatic amines is 1. The predicted molar refractivity (Wildman–Crippen MR) is 72.9 cm³/mol. The first-order chi connectivity index (χ1) is 8.10. The molecule has 0 fully saturated rings. The third-order valence-corrected chi connectivity index (χ3v) is 3.69. The van der Waals surface area contributed by atoms with Crippen molar-refractivity contribution in [3.8, 4) is 0 Å². The SMILES string of the molecule is Cc1ccc(Cc2nc(CN)[nH]c2C)cc1Br. The van der Waals surface area contributed by atoms with Gasteiger partial charge in [-0.15, -0.1) is 0 Å². The van der Waals surface area contributed by atoms with Gasteiger partial charge in [-0.1, -0.05) is 28.1 Å². The summed E-state index contributed by atoms with van der Waals surface area (Å²) in [6.07, 6.45) is 0.835. The molecule has 3 N–H and O–H groups in total. The fraction of sp³-hybridized carbons (Fsp3) is 0.308. The molecule has 2 aromatic rings. The molecule has 3 nitrogen and oxygen atoms in total. The van der Waals surface area contributed by atoms with E-state index in [1.54, 1.807) is 0 Å². The Balaban J connectivity index is 2.24. The van der Waals surface area contributed by atoms with Crippen molar-refractivity contribution in [3.05, 3.63) is 51.0 Å². The van der Waals surface area contributed by atoms with Crippen LogP contribution in [0.25, 0.3) is 0 Å². The molecule has 1 aromatic heterocycles. The van der Waals surface area contributed by atoms with Crippen molar-refractivity contribution in [1.29, 1.82) is 0 Å². The van der Waals surface area contributed by atoms with Crippen LogP contribution in [-0.2, 0) is 13.0 Å². The largest absolute Gasteiger partial charge is 0.345 e. The van der Waals surface area contributed by atoms with Crippen LogP contribution in [-0.4, -0.2) is 9.97 Å². The molecule has 0 aliphatic heterocycles. The van der Waals surface area contributed by atoms with Crippen LogP contribution >= 0.6 is 15.9 Å². The Morgan fingerprint density at radius 1 is 1.35 bits per heavy atom. The van der Waals surface area contributed by atoms with Crippen molar-refractivity contribution in [1.82, 2.24) is 9.97 Å². The summed E-state index contributed by atoms with van der Waals surface area (Å²) in [7, 11) is 0. The molecular formula is C13H16BrN3. The maximum absolute atomic E-state index is 5.57. The lowest BCUT2D eigenvalue weighted by molar-refractivity contribution is 0.934. The second-order valence-electron chi connectivity index (χ2n) is 4.22. The Morgan fingerprint density at radius 2 is 2.12 bits per heavy atom. The van der Waals surface area contributed by atoms with Gasteiger partial charge in [-0.25, -0.2) is 4.98 Å². The molecule has 4 heteroatoms. The zero-order valence-corrected chi connectivity index (χ0v) is 11.6. The van der Waals surface area contributed by atoms with Crippen molar-refractivity contribution in [2.45, 2.75) is 26.8 Å². The topological polar surface area (TPSA) is 54.7 Å². The molecule has 17 heavy (non-hydrogen) atoms. The molecule has 2 rings (SSSR count).